The van der Waals surface area contributed by atoms with Crippen molar-refractivity contribution >= 4 is 23.7 Å². The zero-order valence-corrected chi connectivity index (χ0v) is 16.4. The highest BCUT2D eigenvalue weighted by molar-refractivity contribution is 6.05. The lowest BCUT2D eigenvalue weighted by Gasteiger charge is -2.29. The number of fused-ring (bicyclic) bond motifs is 1. The number of aliphatic carboxylic acids is 1. The summed E-state index contributed by atoms with van der Waals surface area (Å²) >= 11 is 0. The first-order chi connectivity index (χ1) is 14.5. The molecule has 0 aromatic heterocycles. The number of carbonyl (C=O) groups is 4. The second-order valence-corrected chi connectivity index (χ2v) is 6.90. The van der Waals surface area contributed by atoms with Crippen molar-refractivity contribution in [2.45, 2.75) is 31.8 Å². The van der Waals surface area contributed by atoms with Crippen LogP contribution in [0.25, 0.3) is 0 Å². The molecule has 2 aliphatic rings. The topological polar surface area (TPSA) is 131 Å². The number of amides is 3. The fourth-order valence-corrected chi connectivity index (χ4v) is 3.38. The summed E-state index contributed by atoms with van der Waals surface area (Å²) in [5.74, 6) is -1.38. The second-order valence-electron chi connectivity index (χ2n) is 6.90. The first-order valence-corrected chi connectivity index (χ1v) is 9.74. The van der Waals surface area contributed by atoms with E-state index in [9.17, 15) is 19.2 Å². The smallest absolute Gasteiger partial charge is 0.305 e. The SMILES string of the molecule is O=C(O)CCOCCOCCOc1cccc2c1CN(C1CCC(=O)NC1=O)C2=O. The molecule has 0 spiro atoms. The number of rotatable bonds is 11. The highest BCUT2D eigenvalue weighted by Crippen LogP contribution is 2.33. The molecule has 0 radical (unpaired) electrons. The fraction of sp³-hybridized carbons (Fsp3) is 0.500. The number of imide groups is 1. The third-order valence-corrected chi connectivity index (χ3v) is 4.86. The Labute approximate surface area is 173 Å². The van der Waals surface area contributed by atoms with Gasteiger partial charge >= 0.3 is 5.97 Å². The molecule has 1 fully saturated rings. The van der Waals surface area contributed by atoms with Gasteiger partial charge in [-0.25, -0.2) is 0 Å². The van der Waals surface area contributed by atoms with Gasteiger partial charge in [0.15, 0.2) is 0 Å². The van der Waals surface area contributed by atoms with Crippen LogP contribution in [0.15, 0.2) is 18.2 Å². The van der Waals surface area contributed by atoms with Crippen LogP contribution < -0.4 is 10.1 Å². The number of carboxylic acids is 1. The van der Waals surface area contributed by atoms with E-state index in [1.54, 1.807) is 18.2 Å². The van der Waals surface area contributed by atoms with Crippen LogP contribution in [0.3, 0.4) is 0 Å². The third kappa shape index (κ3) is 5.33. The van der Waals surface area contributed by atoms with Gasteiger partial charge in [0, 0.05) is 17.5 Å². The van der Waals surface area contributed by atoms with E-state index in [1.807, 2.05) is 0 Å². The van der Waals surface area contributed by atoms with Crippen molar-refractivity contribution in [3.8, 4) is 5.75 Å². The Balaban J connectivity index is 1.46. The molecule has 0 aliphatic carbocycles. The number of carbonyl (C=O) groups excluding carboxylic acids is 3. The normalized spacial score (nSPS) is 18.3. The Morgan fingerprint density at radius 3 is 2.57 bits per heavy atom. The molecule has 30 heavy (non-hydrogen) atoms. The Hall–Kier alpha value is -2.98. The van der Waals surface area contributed by atoms with Crippen molar-refractivity contribution < 1.29 is 38.5 Å². The van der Waals surface area contributed by atoms with Gasteiger partial charge in [0.25, 0.3) is 5.91 Å². The van der Waals surface area contributed by atoms with Crippen LogP contribution in [0.4, 0.5) is 0 Å². The van der Waals surface area contributed by atoms with Gasteiger partial charge in [-0.2, -0.15) is 0 Å². The van der Waals surface area contributed by atoms with E-state index < -0.39 is 17.9 Å². The third-order valence-electron chi connectivity index (χ3n) is 4.86. The molecular formula is C20H24N2O8. The van der Waals surface area contributed by atoms with Crippen LogP contribution in [-0.2, 0) is 30.4 Å². The zero-order valence-electron chi connectivity index (χ0n) is 16.4. The highest BCUT2D eigenvalue weighted by atomic mass is 16.5. The molecule has 0 bridgehead atoms. The molecule has 2 heterocycles. The molecule has 2 N–H and O–H groups in total. The quantitative estimate of drug-likeness (QED) is 0.387. The molecule has 3 amide bonds. The van der Waals surface area contributed by atoms with Crippen LogP contribution in [0.5, 0.6) is 5.75 Å². The minimum absolute atomic E-state index is 0.0449. The maximum absolute atomic E-state index is 12.7. The number of nitrogens with zero attached hydrogens (tertiary/aromatic N) is 1. The van der Waals surface area contributed by atoms with Gasteiger partial charge in [-0.15, -0.1) is 0 Å². The van der Waals surface area contributed by atoms with Crippen molar-refractivity contribution in [3.63, 3.8) is 0 Å². The molecule has 1 atom stereocenters. The van der Waals surface area contributed by atoms with Crippen LogP contribution in [0, 0.1) is 0 Å². The maximum atomic E-state index is 12.7. The summed E-state index contributed by atoms with van der Waals surface area (Å²) in [4.78, 5) is 48.1. The second kappa shape index (κ2) is 10.2. The van der Waals surface area contributed by atoms with E-state index in [0.717, 1.165) is 0 Å². The molecule has 10 nitrogen and oxygen atoms in total. The van der Waals surface area contributed by atoms with Gasteiger partial charge < -0.3 is 24.2 Å². The minimum Gasteiger partial charge on any atom is -0.491 e. The number of carboxylic acid groups (broad SMARTS) is 1. The summed E-state index contributed by atoms with van der Waals surface area (Å²) in [6.07, 6.45) is 0.469. The zero-order chi connectivity index (χ0) is 21.5. The number of hydrogen-bond acceptors (Lipinski definition) is 7. The van der Waals surface area contributed by atoms with Crippen LogP contribution in [0.2, 0.25) is 0 Å². The molecule has 1 aromatic carbocycles. The first-order valence-electron chi connectivity index (χ1n) is 9.74. The Kier molecular flexibility index (Phi) is 7.36. The predicted octanol–water partition coefficient (Wildman–Crippen LogP) is 0.334. The van der Waals surface area contributed by atoms with Gasteiger partial charge in [-0.1, -0.05) is 6.07 Å². The molecule has 0 saturated carbocycles. The lowest BCUT2D eigenvalue weighted by Crippen LogP contribution is -2.52. The molecule has 3 rings (SSSR count). The molecular weight excluding hydrogens is 396 g/mol. The molecule has 162 valence electrons. The summed E-state index contributed by atoms with van der Waals surface area (Å²) in [5, 5.41) is 10.8. The Morgan fingerprint density at radius 1 is 1.10 bits per heavy atom. The lowest BCUT2D eigenvalue weighted by atomic mass is 10.0. The number of nitrogens with one attached hydrogen (secondary N) is 1. The van der Waals surface area contributed by atoms with Crippen molar-refractivity contribution in [2.24, 2.45) is 0 Å². The van der Waals surface area contributed by atoms with Gasteiger partial charge in [-0.3, -0.25) is 24.5 Å². The number of ether oxygens (including phenoxy) is 3. The van der Waals surface area contributed by atoms with E-state index in [1.165, 1.54) is 4.90 Å². The monoisotopic (exact) mass is 420 g/mol. The van der Waals surface area contributed by atoms with Gasteiger partial charge in [-0.05, 0) is 18.6 Å². The average molecular weight is 420 g/mol. The molecule has 2 aliphatic heterocycles. The fourth-order valence-electron chi connectivity index (χ4n) is 3.38. The van der Waals surface area contributed by atoms with E-state index >= 15 is 0 Å². The van der Waals surface area contributed by atoms with E-state index in [-0.39, 0.29) is 44.4 Å². The van der Waals surface area contributed by atoms with Crippen molar-refractivity contribution in [3.05, 3.63) is 29.3 Å². The summed E-state index contributed by atoms with van der Waals surface area (Å²) in [6, 6.07) is 4.51. The van der Waals surface area contributed by atoms with E-state index in [4.69, 9.17) is 19.3 Å². The van der Waals surface area contributed by atoms with Crippen molar-refractivity contribution in [1.82, 2.24) is 10.2 Å². The number of hydrogen-bond donors (Lipinski definition) is 2. The summed E-state index contributed by atoms with van der Waals surface area (Å²) < 4.78 is 16.3. The lowest BCUT2D eigenvalue weighted by molar-refractivity contribution is -0.139. The average Bonchev–Trinajstić information content (AvgIpc) is 3.04. The summed E-state index contributed by atoms with van der Waals surface area (Å²) in [6.45, 7) is 1.56. The Morgan fingerprint density at radius 2 is 1.83 bits per heavy atom. The van der Waals surface area contributed by atoms with Crippen LogP contribution >= 0.6 is 0 Å². The molecule has 1 unspecified atom stereocenters. The summed E-state index contributed by atoms with van der Waals surface area (Å²) in [7, 11) is 0. The highest BCUT2D eigenvalue weighted by Gasteiger charge is 2.40. The Bertz CT molecular complexity index is 825. The molecule has 1 aromatic rings. The summed E-state index contributed by atoms with van der Waals surface area (Å²) in [5.41, 5.74) is 1.20. The minimum atomic E-state index is -0.908. The first kappa shape index (κ1) is 21.7. The van der Waals surface area contributed by atoms with Crippen molar-refractivity contribution in [2.75, 3.05) is 33.0 Å². The number of benzene rings is 1. The van der Waals surface area contributed by atoms with Gasteiger partial charge in [0.1, 0.15) is 18.4 Å². The van der Waals surface area contributed by atoms with Crippen molar-refractivity contribution in [1.29, 1.82) is 0 Å². The van der Waals surface area contributed by atoms with Gasteiger partial charge in [0.05, 0.1) is 39.4 Å². The maximum Gasteiger partial charge on any atom is 0.305 e. The standard InChI is InChI=1S/C20H24N2O8/c23-17-5-4-15(19(26)21-17)22-12-14-13(20(22)27)2-1-3-16(14)30-11-10-29-9-8-28-7-6-18(24)25/h1-3,15H,4-12H2,(H,24,25)(H,21,23,26). The largest absolute Gasteiger partial charge is 0.491 e. The number of piperidine rings is 1. The molecule has 1 saturated heterocycles. The van der Waals surface area contributed by atoms with Gasteiger partial charge in [0.2, 0.25) is 11.8 Å². The predicted molar refractivity (Wildman–Crippen MR) is 102 cm³/mol. The van der Waals surface area contributed by atoms with E-state index in [2.05, 4.69) is 5.32 Å². The van der Waals surface area contributed by atoms with E-state index in [0.29, 0.717) is 43.1 Å². The van der Waals surface area contributed by atoms with Crippen LogP contribution in [0.1, 0.15) is 35.2 Å². The van der Waals surface area contributed by atoms with Crippen LogP contribution in [-0.4, -0.2) is 72.8 Å². The molecule has 10 heteroatoms.